The molecule has 2 saturated carbocycles. The number of carbonyl (C=O) groups is 2. The molecule has 28 heavy (non-hydrogen) atoms. The largest absolute Gasteiger partial charge is 0.450 e. The molecular formula is C21H33N3O4. The van der Waals surface area contributed by atoms with Gasteiger partial charge in [0.2, 0.25) is 5.91 Å². The highest BCUT2D eigenvalue weighted by atomic mass is 16.6. The van der Waals surface area contributed by atoms with Crippen molar-refractivity contribution in [3.05, 3.63) is 0 Å². The van der Waals surface area contributed by atoms with Crippen molar-refractivity contribution in [3.63, 3.8) is 0 Å². The first kappa shape index (κ1) is 18.7. The van der Waals surface area contributed by atoms with Crippen LogP contribution < -0.4 is 0 Å². The van der Waals surface area contributed by atoms with Gasteiger partial charge in [-0.25, -0.2) is 4.79 Å². The predicted octanol–water partition coefficient (Wildman–Crippen LogP) is 1.56. The lowest BCUT2D eigenvalue weighted by Gasteiger charge is -2.49. The number of nitrogens with zero attached hydrogens (tertiary/aromatic N) is 3. The molecule has 2 bridgehead atoms. The third kappa shape index (κ3) is 3.11. The van der Waals surface area contributed by atoms with Crippen LogP contribution >= 0.6 is 0 Å². The minimum Gasteiger partial charge on any atom is -0.450 e. The zero-order valence-corrected chi connectivity index (χ0v) is 17.1. The summed E-state index contributed by atoms with van der Waals surface area (Å²) in [5, 5.41) is 0. The van der Waals surface area contributed by atoms with E-state index >= 15 is 0 Å². The monoisotopic (exact) mass is 391 g/mol. The second kappa shape index (κ2) is 7.17. The summed E-state index contributed by atoms with van der Waals surface area (Å²) in [6, 6.07) is 1.27. The molecular weight excluding hydrogens is 358 g/mol. The van der Waals surface area contributed by atoms with Gasteiger partial charge < -0.3 is 14.4 Å². The minimum absolute atomic E-state index is 0.122. The number of piperidine rings is 2. The van der Waals surface area contributed by atoms with Gasteiger partial charge in [-0.2, -0.15) is 0 Å². The van der Waals surface area contributed by atoms with Crippen molar-refractivity contribution in [2.24, 2.45) is 17.8 Å². The van der Waals surface area contributed by atoms with Crippen molar-refractivity contribution in [2.75, 3.05) is 39.5 Å². The van der Waals surface area contributed by atoms with E-state index in [0.29, 0.717) is 49.6 Å². The van der Waals surface area contributed by atoms with E-state index in [2.05, 4.69) is 16.7 Å². The fourth-order valence-electron chi connectivity index (χ4n) is 6.08. The van der Waals surface area contributed by atoms with Gasteiger partial charge in [0.15, 0.2) is 0 Å². The maximum absolute atomic E-state index is 12.9. The maximum atomic E-state index is 12.9. The molecule has 2 amide bonds. The van der Waals surface area contributed by atoms with Gasteiger partial charge >= 0.3 is 6.09 Å². The Labute approximate surface area is 167 Å². The van der Waals surface area contributed by atoms with Crippen molar-refractivity contribution in [3.8, 4) is 0 Å². The molecule has 7 nitrogen and oxygen atoms in total. The smallest absolute Gasteiger partial charge is 0.410 e. The van der Waals surface area contributed by atoms with Gasteiger partial charge in [0.1, 0.15) is 0 Å². The van der Waals surface area contributed by atoms with Gasteiger partial charge in [0.25, 0.3) is 0 Å². The van der Waals surface area contributed by atoms with Crippen molar-refractivity contribution in [2.45, 2.75) is 63.7 Å². The van der Waals surface area contributed by atoms with Crippen LogP contribution in [0.15, 0.2) is 0 Å². The van der Waals surface area contributed by atoms with E-state index in [4.69, 9.17) is 9.47 Å². The molecule has 5 rings (SSSR count). The highest BCUT2D eigenvalue weighted by Crippen LogP contribution is 2.54. The second-order valence-corrected chi connectivity index (χ2v) is 9.24. The Bertz CT molecular complexity index is 613. The molecule has 5 fully saturated rings. The Hall–Kier alpha value is -1.34. The Morgan fingerprint density at radius 1 is 1.04 bits per heavy atom. The number of ether oxygens (including phenoxy) is 2. The summed E-state index contributed by atoms with van der Waals surface area (Å²) in [6.07, 6.45) is 4.11. The first-order valence-electron chi connectivity index (χ1n) is 11.2. The number of morpholine rings is 1. The maximum Gasteiger partial charge on any atom is 0.410 e. The van der Waals surface area contributed by atoms with E-state index in [9.17, 15) is 9.59 Å². The third-order valence-corrected chi connectivity index (χ3v) is 7.61. The number of carbonyl (C=O) groups excluding carboxylic acids is 2. The molecule has 0 radical (unpaired) electrons. The van der Waals surface area contributed by atoms with Gasteiger partial charge in [0.05, 0.1) is 31.9 Å². The van der Waals surface area contributed by atoms with Crippen LogP contribution in [0, 0.1) is 17.8 Å². The SMILES string of the molecule is CCOC(=O)N1C2COCC1CC(N1C[C@@H]3[C@H](C1)[C@@H]3C(=O)N(CC)C1CC1)C2. The topological polar surface area (TPSA) is 62.3 Å². The van der Waals surface area contributed by atoms with Gasteiger partial charge in [-0.15, -0.1) is 0 Å². The summed E-state index contributed by atoms with van der Waals surface area (Å²) in [6.45, 7) is 8.56. The lowest BCUT2D eigenvalue weighted by molar-refractivity contribution is -0.134. The van der Waals surface area contributed by atoms with E-state index in [1.807, 2.05) is 11.8 Å². The molecule has 0 aromatic rings. The quantitative estimate of drug-likeness (QED) is 0.712. The number of fused-ring (bicyclic) bond motifs is 3. The van der Waals surface area contributed by atoms with Crippen LogP contribution in [-0.4, -0.2) is 90.3 Å². The summed E-state index contributed by atoms with van der Waals surface area (Å²) >= 11 is 0. The summed E-state index contributed by atoms with van der Waals surface area (Å²) in [5.41, 5.74) is 0. The van der Waals surface area contributed by atoms with Crippen LogP contribution in [0.25, 0.3) is 0 Å². The lowest BCUT2D eigenvalue weighted by atomic mass is 9.89. The molecule has 156 valence electrons. The fourth-order valence-corrected chi connectivity index (χ4v) is 6.08. The number of hydrogen-bond donors (Lipinski definition) is 0. The van der Waals surface area contributed by atoms with E-state index in [0.717, 1.165) is 32.5 Å². The van der Waals surface area contributed by atoms with Gasteiger partial charge in [0, 0.05) is 37.6 Å². The summed E-state index contributed by atoms with van der Waals surface area (Å²) < 4.78 is 11.0. The van der Waals surface area contributed by atoms with E-state index in [-0.39, 0.29) is 24.1 Å². The van der Waals surface area contributed by atoms with Crippen LogP contribution in [0.1, 0.15) is 39.5 Å². The summed E-state index contributed by atoms with van der Waals surface area (Å²) in [5.74, 6) is 1.81. The normalized spacial score (nSPS) is 39.4. The van der Waals surface area contributed by atoms with E-state index in [1.165, 1.54) is 12.8 Å². The summed E-state index contributed by atoms with van der Waals surface area (Å²) in [7, 11) is 0. The molecule has 3 aliphatic heterocycles. The van der Waals surface area contributed by atoms with Gasteiger partial charge in [-0.05, 0) is 51.4 Å². The number of hydrogen-bond acceptors (Lipinski definition) is 5. The van der Waals surface area contributed by atoms with Crippen LogP contribution in [0.2, 0.25) is 0 Å². The van der Waals surface area contributed by atoms with E-state index < -0.39 is 0 Å². The standard InChI is InChI=1S/C21H33N3O4/c1-3-23(13-5-6-13)20(25)19-17-9-22(10-18(17)19)14-7-15-11-27-12-16(8-14)24(15)21(26)28-4-2/h13-19H,3-12H2,1-2H3/t14?,15?,16?,17-,18+,19-. The lowest BCUT2D eigenvalue weighted by Crippen LogP contribution is -2.62. The summed E-state index contributed by atoms with van der Waals surface area (Å²) in [4.78, 5) is 31.9. The Morgan fingerprint density at radius 3 is 2.21 bits per heavy atom. The minimum atomic E-state index is -0.186. The predicted molar refractivity (Wildman–Crippen MR) is 103 cm³/mol. The zero-order chi connectivity index (χ0) is 19.4. The first-order chi connectivity index (χ1) is 13.6. The average Bonchev–Trinajstić information content (AvgIpc) is 3.58. The molecule has 3 saturated heterocycles. The Morgan fingerprint density at radius 2 is 1.68 bits per heavy atom. The Kier molecular flexibility index (Phi) is 4.78. The third-order valence-electron chi connectivity index (χ3n) is 7.61. The fraction of sp³-hybridized carbons (Fsp3) is 0.905. The molecule has 5 atom stereocenters. The van der Waals surface area contributed by atoms with Crippen molar-refractivity contribution in [1.82, 2.24) is 14.7 Å². The van der Waals surface area contributed by atoms with Crippen LogP contribution in [0.3, 0.4) is 0 Å². The molecule has 3 heterocycles. The Balaban J connectivity index is 1.18. The highest BCUT2D eigenvalue weighted by Gasteiger charge is 2.62. The zero-order valence-electron chi connectivity index (χ0n) is 17.1. The van der Waals surface area contributed by atoms with Crippen molar-refractivity contribution >= 4 is 12.0 Å². The molecule has 0 aromatic heterocycles. The molecule has 2 aliphatic carbocycles. The molecule has 0 aromatic carbocycles. The molecule has 0 spiro atoms. The molecule has 5 aliphatic rings. The van der Waals surface area contributed by atoms with Crippen LogP contribution in [0.4, 0.5) is 4.79 Å². The first-order valence-corrected chi connectivity index (χ1v) is 11.2. The number of amides is 2. The number of rotatable bonds is 5. The second-order valence-electron chi connectivity index (χ2n) is 9.24. The number of likely N-dealkylation sites (tertiary alicyclic amines) is 1. The van der Waals surface area contributed by atoms with Crippen molar-refractivity contribution < 1.29 is 19.1 Å². The van der Waals surface area contributed by atoms with E-state index in [1.54, 1.807) is 0 Å². The van der Waals surface area contributed by atoms with Crippen LogP contribution in [0.5, 0.6) is 0 Å². The van der Waals surface area contributed by atoms with Gasteiger partial charge in [-0.1, -0.05) is 0 Å². The van der Waals surface area contributed by atoms with Gasteiger partial charge in [-0.3, -0.25) is 14.6 Å². The molecule has 0 N–H and O–H groups in total. The molecule has 7 heteroatoms. The van der Waals surface area contributed by atoms with Crippen LogP contribution in [-0.2, 0) is 14.3 Å². The highest BCUT2D eigenvalue weighted by molar-refractivity contribution is 5.83. The van der Waals surface area contributed by atoms with Crippen molar-refractivity contribution in [1.29, 1.82) is 0 Å². The average molecular weight is 392 g/mol. The molecule has 2 unspecified atom stereocenters.